The van der Waals surface area contributed by atoms with Crippen LogP contribution in [-0.4, -0.2) is 29.4 Å². The van der Waals surface area contributed by atoms with Crippen molar-refractivity contribution >= 4 is 256 Å². The van der Waals surface area contributed by atoms with Gasteiger partial charge in [-0.15, -0.1) is 68.0 Å². The summed E-state index contributed by atoms with van der Waals surface area (Å²) >= 11 is 51.7. The minimum atomic E-state index is -1.24. The molecular formula is C60H26Cl6F2N8O2S7. The lowest BCUT2D eigenvalue weighted by Gasteiger charge is -2.15. The molecule has 10 nitrogen and oxygen atoms in total. The van der Waals surface area contributed by atoms with Gasteiger partial charge in [0.1, 0.15) is 46.5 Å². The van der Waals surface area contributed by atoms with E-state index in [4.69, 9.17) is 78.4 Å². The van der Waals surface area contributed by atoms with Crippen molar-refractivity contribution in [3.63, 3.8) is 0 Å². The van der Waals surface area contributed by atoms with E-state index >= 15 is 0 Å². The Morgan fingerprint density at radius 3 is 1.32 bits per heavy atom. The van der Waals surface area contributed by atoms with Crippen LogP contribution in [-0.2, 0) is 13.1 Å². The van der Waals surface area contributed by atoms with E-state index in [9.17, 15) is 39.4 Å². The predicted molar refractivity (Wildman–Crippen MR) is 350 cm³/mol. The van der Waals surface area contributed by atoms with Crippen molar-refractivity contribution in [3.05, 3.63) is 132 Å². The second-order valence-corrected chi connectivity index (χ2v) is 29.9. The van der Waals surface area contributed by atoms with Gasteiger partial charge in [-0.2, -0.15) is 29.8 Å². The van der Waals surface area contributed by atoms with E-state index < -0.39 is 28.8 Å². The molecule has 0 bridgehead atoms. The number of thiophene rings is 6. The van der Waals surface area contributed by atoms with Crippen LogP contribution in [0.3, 0.4) is 0 Å². The number of carbonyl (C=O) groups excluding carboxylic acids is 2. The fraction of sp³-hybridized carbons (Fsp3) is 0.133. The average Bonchev–Trinajstić information content (AvgIpc) is 1.52. The SMILES string of the molecule is CC(C)Cn1c2c3sc(-c4cc(Cl)c(/C=C5\C(=O)c6cc(F)c(F)cc6C5=C(C#N)C#N)s4)c(Cl)c3sc2c2c3nsnc3c3c4sc5c(Cl)c(-c6cc(Cl)c(/C=C7\C(=O)c8cc(Cl)c(Cl)cc8C7=C(C#N)C#N)s6)sc5c4n(CC(C)C)c3c21. The van der Waals surface area contributed by atoms with E-state index in [2.05, 4.69) is 36.8 Å². The minimum Gasteiger partial charge on any atom is -0.337 e. The molecule has 85 heavy (non-hydrogen) atoms. The Kier molecular flexibility index (Phi) is 13.7. The van der Waals surface area contributed by atoms with Gasteiger partial charge in [0, 0.05) is 76.8 Å². The number of benzene rings is 3. The number of halogens is 8. The van der Waals surface area contributed by atoms with Crippen LogP contribution in [0.4, 0.5) is 8.78 Å². The van der Waals surface area contributed by atoms with Gasteiger partial charge in [-0.3, -0.25) is 9.59 Å². The third-order valence-corrected chi connectivity index (χ3v) is 25.6. The number of hydrogen-bond donors (Lipinski definition) is 0. The number of nitrogens with zero attached hydrogens (tertiary/aromatic N) is 8. The fourth-order valence-corrected chi connectivity index (χ4v) is 21.7. The van der Waals surface area contributed by atoms with Gasteiger partial charge in [0.2, 0.25) is 0 Å². The summed E-state index contributed by atoms with van der Waals surface area (Å²) in [5.41, 5.74) is 5.34. The summed E-state index contributed by atoms with van der Waals surface area (Å²) in [6.45, 7) is 10.0. The molecule has 0 N–H and O–H groups in total. The maximum absolute atomic E-state index is 14.6. The summed E-state index contributed by atoms with van der Waals surface area (Å²) in [5, 5.41) is 43.8. The average molecular weight is 1370 g/mol. The summed E-state index contributed by atoms with van der Waals surface area (Å²) < 4.78 is 49.8. The van der Waals surface area contributed by atoms with Crippen molar-refractivity contribution in [1.82, 2.24) is 17.9 Å². The van der Waals surface area contributed by atoms with Crippen LogP contribution in [0.2, 0.25) is 30.1 Å². The molecule has 3 aromatic carbocycles. The second kappa shape index (κ2) is 20.7. The first-order valence-electron chi connectivity index (χ1n) is 25.3. The van der Waals surface area contributed by atoms with Crippen molar-refractivity contribution in [2.24, 2.45) is 11.8 Å². The molecule has 2 aliphatic carbocycles. The molecular weight excluding hydrogens is 1340 g/mol. The Labute approximate surface area is 537 Å². The largest absolute Gasteiger partial charge is 0.337 e. The number of ketones is 2. The zero-order chi connectivity index (χ0) is 59.7. The highest BCUT2D eigenvalue weighted by molar-refractivity contribution is 7.37. The van der Waals surface area contributed by atoms with Gasteiger partial charge < -0.3 is 9.13 Å². The maximum Gasteiger partial charge on any atom is 0.194 e. The monoisotopic (exact) mass is 1360 g/mol. The molecule has 12 aromatic rings. The highest BCUT2D eigenvalue weighted by Gasteiger charge is 2.38. The first-order chi connectivity index (χ1) is 40.8. The van der Waals surface area contributed by atoms with Gasteiger partial charge in [-0.1, -0.05) is 97.3 Å². The van der Waals surface area contributed by atoms with E-state index in [0.717, 1.165) is 111 Å². The van der Waals surface area contributed by atoms with Crippen LogP contribution >= 0.6 is 149 Å². The smallest absolute Gasteiger partial charge is 0.194 e. The quantitative estimate of drug-likeness (QED) is 0.107. The molecule has 2 aliphatic rings. The second-order valence-electron chi connectivity index (χ2n) is 20.8. The third-order valence-electron chi connectivity index (χ3n) is 14.7. The van der Waals surface area contributed by atoms with Gasteiger partial charge in [-0.25, -0.2) is 8.78 Å². The molecule has 0 saturated carbocycles. The van der Waals surface area contributed by atoms with E-state index in [1.54, 1.807) is 58.3 Å². The molecule has 0 spiro atoms. The Bertz CT molecular complexity index is 5120. The molecule has 0 amide bonds. The van der Waals surface area contributed by atoms with Gasteiger partial charge >= 0.3 is 0 Å². The van der Waals surface area contributed by atoms with Crippen LogP contribution in [0.5, 0.6) is 0 Å². The highest BCUT2D eigenvalue weighted by atomic mass is 35.5. The van der Waals surface area contributed by atoms with E-state index in [0.29, 0.717) is 48.4 Å². The van der Waals surface area contributed by atoms with Crippen molar-refractivity contribution in [1.29, 1.82) is 21.0 Å². The van der Waals surface area contributed by atoms with Gasteiger partial charge in [-0.05, 0) is 71.5 Å². The van der Waals surface area contributed by atoms with Crippen molar-refractivity contribution in [2.45, 2.75) is 40.8 Å². The van der Waals surface area contributed by atoms with Gasteiger partial charge in [0.25, 0.3) is 0 Å². The van der Waals surface area contributed by atoms with E-state index in [-0.39, 0.29) is 71.5 Å². The summed E-state index contributed by atoms with van der Waals surface area (Å²) in [6.07, 6.45) is 3.06. The molecule has 25 heteroatoms. The van der Waals surface area contributed by atoms with Crippen LogP contribution in [0.15, 0.2) is 58.7 Å². The molecule has 0 saturated heterocycles. The molecule has 0 atom stereocenters. The molecule has 0 unspecified atom stereocenters. The molecule has 0 aliphatic heterocycles. The molecule has 0 radical (unpaired) electrons. The Hall–Kier alpha value is -6.34. The summed E-state index contributed by atoms with van der Waals surface area (Å²) in [5.74, 6) is -3.19. The van der Waals surface area contributed by atoms with Crippen LogP contribution in [0.25, 0.3) is 115 Å². The Balaban J connectivity index is 0.940. The summed E-state index contributed by atoms with van der Waals surface area (Å²) in [6, 6.07) is 15.6. The lowest BCUT2D eigenvalue weighted by Crippen LogP contribution is -2.07. The Morgan fingerprint density at radius 2 is 0.906 bits per heavy atom. The molecule has 416 valence electrons. The topological polar surface area (TPSA) is 165 Å². The number of nitriles is 4. The summed E-state index contributed by atoms with van der Waals surface area (Å²) in [4.78, 5) is 31.8. The number of Topliss-reactive ketones (excluding diaryl/α,β-unsaturated/α-hetero) is 2. The van der Waals surface area contributed by atoms with Crippen LogP contribution < -0.4 is 0 Å². The standard InChI is InChI=1S/C60H26Cl6F2N8O2S7/c1-19(2)17-75-47-41(55-49(75)59-57(83-55)43(65)53(81-59)37-11-31(63)35(79-37)9-27-39(21(13-69)14-70)23-5-29(61)30(62)6-25(23)51(27)77)45-46(74-85-73-45)42-48(47)76(18-20(3)4)50-56(42)84-58-44(66)54(82-60(50)58)38-12-32(64)36(80-38)10-28-40(22(15-71)16-72)24-7-33(67)34(68)8-26(24)52(28)78/h5-12,19-20H,17-18H2,1-4H3/b27-9-,28-10-. The van der Waals surface area contributed by atoms with Crippen LogP contribution in [0, 0.1) is 68.8 Å². The molecule has 14 rings (SSSR count). The molecule has 0 fully saturated rings. The highest BCUT2D eigenvalue weighted by Crippen LogP contribution is 2.59. The number of aromatic nitrogens is 4. The zero-order valence-corrected chi connectivity index (χ0v) is 53.7. The third kappa shape index (κ3) is 8.28. The Morgan fingerprint density at radius 1 is 0.518 bits per heavy atom. The van der Waals surface area contributed by atoms with Gasteiger partial charge in [0.05, 0.1) is 102 Å². The number of rotatable bonds is 8. The fourth-order valence-electron chi connectivity index (χ4n) is 11.4. The maximum atomic E-state index is 14.6. The lowest BCUT2D eigenvalue weighted by atomic mass is 9.99. The van der Waals surface area contributed by atoms with Gasteiger partial charge in [0.15, 0.2) is 23.2 Å². The number of allylic oxidation sites excluding steroid dienone is 6. The molecule has 9 aromatic heterocycles. The first kappa shape index (κ1) is 56.5. The zero-order valence-electron chi connectivity index (χ0n) is 43.5. The number of carbonyl (C=O) groups is 2. The van der Waals surface area contributed by atoms with Crippen LogP contribution in [0.1, 0.15) is 69.3 Å². The lowest BCUT2D eigenvalue weighted by molar-refractivity contribution is 0.103. The predicted octanol–water partition coefficient (Wildman–Crippen LogP) is 21.6. The van der Waals surface area contributed by atoms with Crippen molar-refractivity contribution in [2.75, 3.05) is 0 Å². The number of fused-ring (bicyclic) bond motifs is 16. The van der Waals surface area contributed by atoms with E-state index in [1.807, 2.05) is 18.2 Å². The van der Waals surface area contributed by atoms with Crippen molar-refractivity contribution in [3.8, 4) is 43.8 Å². The first-order valence-corrected chi connectivity index (χ1v) is 33.2. The van der Waals surface area contributed by atoms with Crippen molar-refractivity contribution < 1.29 is 18.4 Å². The van der Waals surface area contributed by atoms with E-state index in [1.165, 1.54) is 52.2 Å². The summed E-state index contributed by atoms with van der Waals surface area (Å²) in [7, 11) is 0. The molecule has 9 heterocycles. The normalized spacial score (nSPS) is 14.4. The minimum absolute atomic E-state index is 0.0547. The number of hydrogen-bond acceptors (Lipinski definition) is 15.